The van der Waals surface area contributed by atoms with E-state index in [1.165, 1.54) is 0 Å². The van der Waals surface area contributed by atoms with Crippen molar-refractivity contribution < 1.29 is 25.6 Å². The van der Waals surface area contributed by atoms with Gasteiger partial charge in [0.05, 0.1) is 14.1 Å². The van der Waals surface area contributed by atoms with Crippen LogP contribution in [-0.4, -0.2) is 35.7 Å². The second-order valence-corrected chi connectivity index (χ2v) is 4.14. The number of rotatable bonds is 4. The molecule has 0 aromatic carbocycles. The van der Waals surface area contributed by atoms with Crippen molar-refractivity contribution in [3.05, 3.63) is 22.0 Å². The van der Waals surface area contributed by atoms with E-state index in [2.05, 4.69) is 15.3 Å². The molecular formula is C11H21N8OPt+. The summed E-state index contributed by atoms with van der Waals surface area (Å²) in [4.78, 5) is 18.9. The maximum absolute atomic E-state index is 11.4. The molecule has 21 heavy (non-hydrogen) atoms. The first kappa shape index (κ1) is 19.7. The average Bonchev–Trinajstić information content (AvgIpc) is 2.66. The summed E-state index contributed by atoms with van der Waals surface area (Å²) < 4.78 is 3.41. The molecular weight excluding hydrogens is 455 g/mol. The molecule has 0 aliphatic rings. The molecule has 0 bridgehead atoms. The Kier molecular flexibility index (Phi) is 9.03. The molecule has 2 aromatic heterocycles. The van der Waals surface area contributed by atoms with Gasteiger partial charge in [-0.2, -0.15) is 0 Å². The average molecular weight is 476 g/mol. The van der Waals surface area contributed by atoms with Crippen molar-refractivity contribution in [3.63, 3.8) is 0 Å². The smallest absolute Gasteiger partial charge is 0.660 e. The van der Waals surface area contributed by atoms with Gasteiger partial charge in [-0.05, 0) is 13.1 Å². The number of hydrogen-bond donors (Lipinski definition) is 3. The monoisotopic (exact) mass is 476 g/mol. The van der Waals surface area contributed by atoms with Gasteiger partial charge in [-0.25, -0.2) is 0 Å². The zero-order chi connectivity index (χ0) is 15.1. The van der Waals surface area contributed by atoms with Crippen LogP contribution in [0.4, 0.5) is 5.95 Å². The summed E-state index contributed by atoms with van der Waals surface area (Å²) in [7, 11) is 3.57. The van der Waals surface area contributed by atoms with Gasteiger partial charge in [-0.3, -0.25) is 13.9 Å². The predicted octanol–water partition coefficient (Wildman–Crippen LogP) is -2.43. The fraction of sp³-hybridized carbons (Fsp3) is 0.545. The van der Waals surface area contributed by atoms with E-state index in [0.29, 0.717) is 24.3 Å². The molecule has 9 nitrogen and oxygen atoms in total. The third kappa shape index (κ3) is 5.54. The van der Waals surface area contributed by atoms with Crippen LogP contribution in [0.15, 0.2) is 11.1 Å². The number of nitrogens with zero attached hydrogens (tertiary/aromatic N) is 5. The van der Waals surface area contributed by atoms with Crippen molar-refractivity contribution in [2.75, 3.05) is 31.9 Å². The van der Waals surface area contributed by atoms with Gasteiger partial charge in [0.2, 0.25) is 5.56 Å². The first-order valence-electron chi connectivity index (χ1n) is 6.19. The van der Waals surface area contributed by atoms with E-state index >= 15 is 0 Å². The van der Waals surface area contributed by atoms with Crippen LogP contribution in [0.5, 0.6) is 0 Å². The van der Waals surface area contributed by atoms with Gasteiger partial charge in [0, 0.05) is 5.95 Å². The fourth-order valence-corrected chi connectivity index (χ4v) is 1.66. The molecule has 120 valence electrons. The fourth-order valence-electron chi connectivity index (χ4n) is 1.66. The minimum atomic E-state index is -0.342. The maximum atomic E-state index is 11.4. The Bertz CT molecular complexity index is 604. The van der Waals surface area contributed by atoms with Crippen LogP contribution in [0, 0.1) is 0 Å². The normalized spacial score (nSPS) is 9.90. The van der Waals surface area contributed by atoms with Gasteiger partial charge < -0.3 is 32.5 Å². The van der Waals surface area contributed by atoms with Crippen LogP contribution in [0.3, 0.4) is 0 Å². The molecule has 0 unspecified atom stereocenters. The van der Waals surface area contributed by atoms with Gasteiger partial charge >= 0.3 is 21.1 Å². The standard InChI is InChI=1S/C7H9N5O.C4H12N3.Pt/c1-11-3-12(2)5-4(11)6(13)10-7(8)9-5;5-1-3-7-4-2-6;/h3H,1-2H3,(H2-,8,9,10,13);1-6H2;/q;-1;+2. The minimum absolute atomic E-state index is 0. The van der Waals surface area contributed by atoms with Crippen molar-refractivity contribution >= 4 is 17.1 Å². The summed E-state index contributed by atoms with van der Waals surface area (Å²) in [5.41, 5.74) is 16.3. The zero-order valence-corrected chi connectivity index (χ0v) is 14.4. The van der Waals surface area contributed by atoms with E-state index in [1.807, 2.05) is 0 Å². The van der Waals surface area contributed by atoms with Crippen LogP contribution in [0.25, 0.3) is 16.5 Å². The van der Waals surface area contributed by atoms with Crippen molar-refractivity contribution in [1.82, 2.24) is 14.5 Å². The molecule has 0 atom stereocenters. The first-order valence-corrected chi connectivity index (χ1v) is 6.19. The summed E-state index contributed by atoms with van der Waals surface area (Å²) in [6.07, 6.45) is 1.75. The van der Waals surface area contributed by atoms with Gasteiger partial charge in [0.15, 0.2) is 17.5 Å². The Morgan fingerprint density at radius 2 is 1.95 bits per heavy atom. The number of anilines is 1. The van der Waals surface area contributed by atoms with E-state index in [1.54, 1.807) is 29.6 Å². The van der Waals surface area contributed by atoms with E-state index in [0.717, 1.165) is 13.1 Å². The topological polar surface area (TPSA) is 145 Å². The number of nitrogen functional groups attached to an aromatic ring is 1. The quantitative estimate of drug-likeness (QED) is 0.331. The summed E-state index contributed by atoms with van der Waals surface area (Å²) in [5, 5.41) is 3.96. The Labute approximate surface area is 137 Å². The second kappa shape index (κ2) is 9.62. The molecule has 2 heterocycles. The van der Waals surface area contributed by atoms with Crippen LogP contribution in [0.1, 0.15) is 0 Å². The molecule has 2 rings (SSSR count). The van der Waals surface area contributed by atoms with Crippen molar-refractivity contribution in [2.45, 2.75) is 0 Å². The summed E-state index contributed by atoms with van der Waals surface area (Å²) >= 11 is 0. The van der Waals surface area contributed by atoms with Crippen molar-refractivity contribution in [3.8, 4) is 0 Å². The molecule has 2 aromatic rings. The van der Waals surface area contributed by atoms with Gasteiger partial charge in [0.1, 0.15) is 0 Å². The summed E-state index contributed by atoms with van der Waals surface area (Å²) in [5.74, 6) is 0.0132. The number of imidazole rings is 1. The van der Waals surface area contributed by atoms with Gasteiger partial charge in [0.25, 0.3) is 0 Å². The Morgan fingerprint density at radius 3 is 2.48 bits per heavy atom. The van der Waals surface area contributed by atoms with E-state index in [4.69, 9.17) is 17.2 Å². The maximum Gasteiger partial charge on any atom is 2.00 e. The molecule has 0 aliphatic carbocycles. The number of nitrogens with two attached hydrogens (primary N) is 3. The largest absolute Gasteiger partial charge is 2.00 e. The summed E-state index contributed by atoms with van der Waals surface area (Å²) in [6.45, 7) is 2.77. The molecule has 0 spiro atoms. The molecule has 0 saturated heterocycles. The van der Waals surface area contributed by atoms with E-state index in [9.17, 15) is 4.79 Å². The molecule has 0 fully saturated rings. The molecule has 6 N–H and O–H groups in total. The van der Waals surface area contributed by atoms with E-state index in [-0.39, 0.29) is 32.6 Å². The Balaban J connectivity index is 0.000000436. The third-order valence-electron chi connectivity index (χ3n) is 2.46. The predicted molar refractivity (Wildman–Crippen MR) is 77.1 cm³/mol. The second-order valence-electron chi connectivity index (χ2n) is 4.14. The minimum Gasteiger partial charge on any atom is -0.660 e. The van der Waals surface area contributed by atoms with Crippen molar-refractivity contribution in [2.24, 2.45) is 25.6 Å². The molecule has 0 radical (unpaired) electrons. The van der Waals surface area contributed by atoms with Crippen LogP contribution >= 0.6 is 0 Å². The SMILES string of the molecule is Cn1c[n+](C)c2nc(N)[n-]c(=O)c21.NCC[N-]CCN.[Pt+2]. The van der Waals surface area contributed by atoms with Gasteiger partial charge in [-0.1, -0.05) is 0 Å². The third-order valence-corrected chi connectivity index (χ3v) is 2.46. The Morgan fingerprint density at radius 1 is 1.38 bits per heavy atom. The number of fused-ring (bicyclic) bond motifs is 1. The summed E-state index contributed by atoms with van der Waals surface area (Å²) in [6, 6.07) is 0. The molecule has 0 aliphatic heterocycles. The zero-order valence-electron chi connectivity index (χ0n) is 12.1. The molecule has 10 heteroatoms. The number of aromatic nitrogens is 4. The van der Waals surface area contributed by atoms with Crippen molar-refractivity contribution in [1.29, 1.82) is 0 Å². The van der Waals surface area contributed by atoms with Crippen LogP contribution in [0.2, 0.25) is 0 Å². The number of aryl methyl sites for hydroxylation is 2. The van der Waals surface area contributed by atoms with Gasteiger partial charge in [-0.15, -0.1) is 13.1 Å². The molecule has 0 amide bonds. The first-order chi connectivity index (χ1) is 9.51. The van der Waals surface area contributed by atoms with E-state index < -0.39 is 0 Å². The molecule has 0 saturated carbocycles. The van der Waals surface area contributed by atoms with Crippen LogP contribution < -0.4 is 32.3 Å². The van der Waals surface area contributed by atoms with Crippen LogP contribution in [-0.2, 0) is 35.2 Å². The number of hydrogen-bond acceptors (Lipinski definition) is 5. The Hall–Kier alpha value is -1.28.